The number of benzene rings is 1. The lowest BCUT2D eigenvalue weighted by molar-refractivity contribution is -0.384. The van der Waals surface area contributed by atoms with E-state index in [1.165, 1.54) is 19.2 Å². The van der Waals surface area contributed by atoms with Crippen LogP contribution in [0.4, 0.5) is 5.69 Å². The molecule has 0 bridgehead atoms. The van der Waals surface area contributed by atoms with Crippen molar-refractivity contribution in [2.45, 2.75) is 5.92 Å². The highest BCUT2D eigenvalue weighted by Crippen LogP contribution is 2.37. The largest absolute Gasteiger partial charge is 0.496 e. The predicted molar refractivity (Wildman–Crippen MR) is 82.2 cm³/mol. The van der Waals surface area contributed by atoms with E-state index < -0.39 is 4.92 Å². The van der Waals surface area contributed by atoms with Gasteiger partial charge in [0, 0.05) is 35.4 Å². The molecule has 3 rings (SSSR count). The zero-order chi connectivity index (χ0) is 15.5. The topological polar surface area (TPSA) is 83.9 Å². The summed E-state index contributed by atoms with van der Waals surface area (Å²) in [5.41, 5.74) is 2.83. The van der Waals surface area contributed by atoms with E-state index in [0.717, 1.165) is 17.0 Å². The molecule has 6 heteroatoms. The summed E-state index contributed by atoms with van der Waals surface area (Å²) in [6, 6.07) is 12.5. The number of ether oxygens (including phenoxy) is 1. The molecule has 2 N–H and O–H groups in total. The molecule has 0 aliphatic heterocycles. The number of hydrogen-bond acceptors (Lipinski definition) is 3. The second-order valence-corrected chi connectivity index (χ2v) is 4.87. The highest BCUT2D eigenvalue weighted by molar-refractivity contribution is 5.51. The summed E-state index contributed by atoms with van der Waals surface area (Å²) >= 11 is 0. The Morgan fingerprint density at radius 2 is 1.73 bits per heavy atom. The molecule has 0 aliphatic rings. The quantitative estimate of drug-likeness (QED) is 0.559. The maximum atomic E-state index is 10.9. The van der Waals surface area contributed by atoms with E-state index in [4.69, 9.17) is 4.74 Å². The van der Waals surface area contributed by atoms with Crippen molar-refractivity contribution in [2.24, 2.45) is 0 Å². The molecule has 0 amide bonds. The molecule has 2 aromatic heterocycles. The fourth-order valence-corrected chi connectivity index (χ4v) is 2.60. The maximum absolute atomic E-state index is 10.9. The summed E-state index contributed by atoms with van der Waals surface area (Å²) in [5.74, 6) is 0.379. The lowest BCUT2D eigenvalue weighted by atomic mass is 9.91. The van der Waals surface area contributed by atoms with Crippen LogP contribution in [0.15, 0.2) is 54.9 Å². The molecule has 0 atom stereocenters. The summed E-state index contributed by atoms with van der Waals surface area (Å²) in [4.78, 5) is 16.9. The maximum Gasteiger partial charge on any atom is 0.273 e. The Balaban J connectivity index is 2.14. The highest BCUT2D eigenvalue weighted by Gasteiger charge is 2.23. The molecule has 0 radical (unpaired) electrons. The molecular formula is C16H15N3O3. The molecule has 0 spiro atoms. The van der Waals surface area contributed by atoms with Crippen LogP contribution in [-0.2, 0) is 0 Å². The first-order chi connectivity index (χ1) is 10.7. The van der Waals surface area contributed by atoms with E-state index in [2.05, 4.69) is 9.97 Å². The van der Waals surface area contributed by atoms with Gasteiger partial charge in [-0.25, -0.2) is 0 Å². The van der Waals surface area contributed by atoms with Gasteiger partial charge in [0.2, 0.25) is 0 Å². The fourth-order valence-electron chi connectivity index (χ4n) is 2.60. The van der Waals surface area contributed by atoms with Gasteiger partial charge < -0.3 is 14.7 Å². The van der Waals surface area contributed by atoms with Crippen molar-refractivity contribution in [1.82, 2.24) is 9.97 Å². The third kappa shape index (κ3) is 2.46. The van der Waals surface area contributed by atoms with Gasteiger partial charge in [-0.05, 0) is 30.3 Å². The van der Waals surface area contributed by atoms with Crippen LogP contribution in [0.2, 0.25) is 0 Å². The average molecular weight is 297 g/mol. The number of H-pyrrole nitrogens is 2. The van der Waals surface area contributed by atoms with Crippen LogP contribution in [0.1, 0.15) is 22.9 Å². The normalized spacial score (nSPS) is 10.8. The molecule has 22 heavy (non-hydrogen) atoms. The van der Waals surface area contributed by atoms with E-state index in [1.807, 2.05) is 36.7 Å². The molecule has 0 aliphatic carbocycles. The summed E-state index contributed by atoms with van der Waals surface area (Å²) in [7, 11) is 1.52. The van der Waals surface area contributed by atoms with Crippen LogP contribution in [0, 0.1) is 10.1 Å². The first kappa shape index (κ1) is 13.9. The number of aromatic amines is 2. The molecule has 0 saturated heterocycles. The van der Waals surface area contributed by atoms with Gasteiger partial charge in [-0.15, -0.1) is 0 Å². The number of aromatic nitrogens is 2. The Bertz CT molecular complexity index is 730. The van der Waals surface area contributed by atoms with Gasteiger partial charge in [-0.3, -0.25) is 10.1 Å². The van der Waals surface area contributed by atoms with Crippen molar-refractivity contribution >= 4 is 5.69 Å². The molecule has 6 nitrogen and oxygen atoms in total. The lowest BCUT2D eigenvalue weighted by Crippen LogP contribution is -2.06. The number of nitrogens with one attached hydrogen (secondary N) is 2. The van der Waals surface area contributed by atoms with E-state index in [-0.39, 0.29) is 11.6 Å². The van der Waals surface area contributed by atoms with Gasteiger partial charge in [0.15, 0.2) is 0 Å². The SMILES string of the molecule is COc1cc([N+](=O)[O-])ccc1C(c1ccc[nH]1)c1ccc[nH]1. The summed E-state index contributed by atoms with van der Waals surface area (Å²) < 4.78 is 5.38. The van der Waals surface area contributed by atoms with Gasteiger partial charge in [-0.1, -0.05) is 0 Å². The van der Waals surface area contributed by atoms with Crippen LogP contribution < -0.4 is 4.74 Å². The van der Waals surface area contributed by atoms with E-state index in [9.17, 15) is 10.1 Å². The highest BCUT2D eigenvalue weighted by atomic mass is 16.6. The van der Waals surface area contributed by atoms with Crippen molar-refractivity contribution in [1.29, 1.82) is 0 Å². The van der Waals surface area contributed by atoms with E-state index in [0.29, 0.717) is 5.75 Å². The smallest absolute Gasteiger partial charge is 0.273 e. The lowest BCUT2D eigenvalue weighted by Gasteiger charge is -2.18. The van der Waals surface area contributed by atoms with Crippen molar-refractivity contribution in [3.8, 4) is 5.75 Å². The summed E-state index contributed by atoms with van der Waals surface area (Å²) in [6.45, 7) is 0. The van der Waals surface area contributed by atoms with Crippen LogP contribution in [-0.4, -0.2) is 22.0 Å². The van der Waals surface area contributed by atoms with Gasteiger partial charge in [0.1, 0.15) is 5.75 Å². The minimum absolute atomic E-state index is 0.0114. The van der Waals surface area contributed by atoms with E-state index >= 15 is 0 Å². The van der Waals surface area contributed by atoms with E-state index in [1.54, 1.807) is 6.07 Å². The Kier molecular flexibility index (Phi) is 3.65. The van der Waals surface area contributed by atoms with Crippen molar-refractivity contribution in [3.05, 3.63) is 81.9 Å². The average Bonchev–Trinajstić information content (AvgIpc) is 3.21. The predicted octanol–water partition coefficient (Wildman–Crippen LogP) is 3.44. The van der Waals surface area contributed by atoms with Gasteiger partial charge >= 0.3 is 0 Å². The minimum Gasteiger partial charge on any atom is -0.496 e. The monoisotopic (exact) mass is 297 g/mol. The summed E-state index contributed by atoms with van der Waals surface area (Å²) in [6.07, 6.45) is 3.70. The first-order valence-corrected chi connectivity index (χ1v) is 6.79. The van der Waals surface area contributed by atoms with Gasteiger partial charge in [0.05, 0.1) is 24.0 Å². The van der Waals surface area contributed by atoms with Crippen LogP contribution in [0.25, 0.3) is 0 Å². The van der Waals surface area contributed by atoms with Gasteiger partial charge in [0.25, 0.3) is 5.69 Å². The van der Waals surface area contributed by atoms with Crippen LogP contribution >= 0.6 is 0 Å². The van der Waals surface area contributed by atoms with Crippen LogP contribution in [0.5, 0.6) is 5.75 Å². The standard InChI is InChI=1S/C16H15N3O3/c1-22-15-10-11(19(20)21)6-7-12(15)16(13-4-2-8-17-13)14-5-3-9-18-14/h2-10,16-18H,1H3. The van der Waals surface area contributed by atoms with Crippen molar-refractivity contribution < 1.29 is 9.66 Å². The Morgan fingerprint density at radius 3 is 2.18 bits per heavy atom. The molecule has 3 aromatic rings. The summed E-state index contributed by atoms with van der Waals surface area (Å²) in [5, 5.41) is 10.9. The van der Waals surface area contributed by atoms with Crippen molar-refractivity contribution in [3.63, 3.8) is 0 Å². The first-order valence-electron chi connectivity index (χ1n) is 6.79. The fraction of sp³-hybridized carbons (Fsp3) is 0.125. The Morgan fingerprint density at radius 1 is 1.09 bits per heavy atom. The number of nitrogens with zero attached hydrogens (tertiary/aromatic N) is 1. The second kappa shape index (κ2) is 5.77. The molecule has 0 unspecified atom stereocenters. The minimum atomic E-state index is -0.426. The number of non-ortho nitro benzene ring substituents is 1. The molecular weight excluding hydrogens is 282 g/mol. The van der Waals surface area contributed by atoms with Crippen molar-refractivity contribution in [2.75, 3.05) is 7.11 Å². The second-order valence-electron chi connectivity index (χ2n) is 4.87. The molecule has 0 saturated carbocycles. The molecule has 112 valence electrons. The Labute approximate surface area is 126 Å². The number of rotatable bonds is 5. The van der Waals surface area contributed by atoms with Crippen LogP contribution in [0.3, 0.4) is 0 Å². The third-order valence-electron chi connectivity index (χ3n) is 3.60. The Hall–Kier alpha value is -3.02. The molecule has 0 fully saturated rings. The molecule has 2 heterocycles. The zero-order valence-corrected chi connectivity index (χ0v) is 11.9. The molecule has 1 aromatic carbocycles. The number of nitro groups is 1. The number of nitro benzene ring substituents is 1. The number of hydrogen-bond donors (Lipinski definition) is 2. The third-order valence-corrected chi connectivity index (χ3v) is 3.60. The van der Waals surface area contributed by atoms with Gasteiger partial charge in [-0.2, -0.15) is 0 Å². The number of methoxy groups -OCH3 is 1. The zero-order valence-electron chi connectivity index (χ0n) is 11.9.